The van der Waals surface area contributed by atoms with Crippen LogP contribution in [0.2, 0.25) is 0 Å². The minimum absolute atomic E-state index is 0.0395. The van der Waals surface area contributed by atoms with Crippen molar-refractivity contribution in [3.63, 3.8) is 0 Å². The Hall–Kier alpha value is -2.21. The molecule has 4 nitrogen and oxygen atoms in total. The number of thiophene rings is 1. The Bertz CT molecular complexity index is 708. The van der Waals surface area contributed by atoms with Crippen LogP contribution in [0.3, 0.4) is 0 Å². The zero-order chi connectivity index (χ0) is 17.6. The summed E-state index contributed by atoms with van der Waals surface area (Å²) in [4.78, 5) is 26.2. The number of benzene rings is 1. The van der Waals surface area contributed by atoms with Crippen molar-refractivity contribution >= 4 is 23.2 Å². The predicted octanol–water partition coefficient (Wildman–Crippen LogP) is 3.24. The smallest absolute Gasteiger partial charge is 0.252 e. The van der Waals surface area contributed by atoms with Gasteiger partial charge in [-0.2, -0.15) is 11.3 Å². The molecule has 1 aliphatic rings. The van der Waals surface area contributed by atoms with Crippen molar-refractivity contribution in [3.05, 3.63) is 58.0 Å². The third kappa shape index (κ3) is 4.89. The van der Waals surface area contributed by atoms with Gasteiger partial charge < -0.3 is 10.2 Å². The lowest BCUT2D eigenvalue weighted by Crippen LogP contribution is -2.46. The monoisotopic (exact) mass is 360 g/mol. The molecule has 0 spiro atoms. The lowest BCUT2D eigenvalue weighted by molar-refractivity contribution is -0.132. The number of likely N-dealkylation sites (tertiary alicyclic amines) is 1. The summed E-state index contributed by atoms with van der Waals surface area (Å²) in [6, 6.07) is 8.20. The highest BCUT2D eigenvalue weighted by Crippen LogP contribution is 2.14. The number of halogens is 1. The van der Waals surface area contributed by atoms with Gasteiger partial charge >= 0.3 is 0 Å². The first-order valence-electron chi connectivity index (χ1n) is 8.47. The molecular weight excluding hydrogens is 339 g/mol. The fourth-order valence-corrected chi connectivity index (χ4v) is 3.63. The molecule has 3 rings (SSSR count). The van der Waals surface area contributed by atoms with E-state index >= 15 is 0 Å². The Morgan fingerprint density at radius 1 is 1.16 bits per heavy atom. The Balaban J connectivity index is 1.41. The quantitative estimate of drug-likeness (QED) is 0.890. The maximum Gasteiger partial charge on any atom is 0.252 e. The summed E-state index contributed by atoms with van der Waals surface area (Å²) in [5, 5.41) is 6.76. The molecule has 1 aromatic carbocycles. The molecule has 0 bridgehead atoms. The van der Waals surface area contributed by atoms with Gasteiger partial charge in [-0.15, -0.1) is 0 Å². The number of nitrogens with zero attached hydrogens (tertiary/aromatic N) is 1. The first-order valence-corrected chi connectivity index (χ1v) is 9.41. The third-order valence-electron chi connectivity index (χ3n) is 4.51. The Morgan fingerprint density at radius 3 is 2.52 bits per heavy atom. The summed E-state index contributed by atoms with van der Waals surface area (Å²) in [5.74, 6) is -0.184. The van der Waals surface area contributed by atoms with Crippen LogP contribution in [-0.2, 0) is 11.2 Å². The van der Waals surface area contributed by atoms with E-state index in [1.54, 1.807) is 12.1 Å². The highest BCUT2D eigenvalue weighted by atomic mass is 32.1. The molecule has 1 fully saturated rings. The van der Waals surface area contributed by atoms with E-state index in [4.69, 9.17) is 0 Å². The van der Waals surface area contributed by atoms with Crippen LogP contribution in [0, 0.1) is 5.82 Å². The maximum absolute atomic E-state index is 12.9. The number of aryl methyl sites for hydroxylation is 1. The van der Waals surface area contributed by atoms with Gasteiger partial charge in [-0.25, -0.2) is 4.39 Å². The molecule has 0 aliphatic carbocycles. The van der Waals surface area contributed by atoms with E-state index in [0.717, 1.165) is 18.4 Å². The minimum Gasteiger partial charge on any atom is -0.349 e. The molecule has 2 heterocycles. The van der Waals surface area contributed by atoms with Gasteiger partial charge in [0, 0.05) is 36.5 Å². The molecular formula is C19H21FN2O2S. The van der Waals surface area contributed by atoms with Gasteiger partial charge in [-0.05, 0) is 48.4 Å². The summed E-state index contributed by atoms with van der Waals surface area (Å²) in [6.45, 7) is 1.33. The highest BCUT2D eigenvalue weighted by Gasteiger charge is 2.24. The molecule has 6 heteroatoms. The van der Waals surface area contributed by atoms with Crippen LogP contribution in [0.15, 0.2) is 41.1 Å². The molecule has 0 saturated carbocycles. The Labute approximate surface area is 150 Å². The molecule has 1 N–H and O–H groups in total. The molecule has 1 aliphatic heterocycles. The van der Waals surface area contributed by atoms with Gasteiger partial charge in [0.1, 0.15) is 5.82 Å². The topological polar surface area (TPSA) is 49.4 Å². The average Bonchev–Trinajstić information content (AvgIpc) is 3.16. The number of carbonyl (C=O) groups is 2. The van der Waals surface area contributed by atoms with E-state index < -0.39 is 0 Å². The predicted molar refractivity (Wildman–Crippen MR) is 96.1 cm³/mol. The molecule has 2 amide bonds. The fourth-order valence-electron chi connectivity index (χ4n) is 3.00. The molecule has 0 atom stereocenters. The fraction of sp³-hybridized carbons (Fsp3) is 0.368. The van der Waals surface area contributed by atoms with Crippen LogP contribution >= 0.6 is 11.3 Å². The number of amides is 2. The van der Waals surface area contributed by atoms with Crippen LogP contribution in [0.4, 0.5) is 4.39 Å². The summed E-state index contributed by atoms with van der Waals surface area (Å²) in [6.07, 6.45) is 2.60. The van der Waals surface area contributed by atoms with Gasteiger partial charge in [0.15, 0.2) is 0 Å². The number of carbonyl (C=O) groups excluding carboxylic acids is 2. The summed E-state index contributed by atoms with van der Waals surface area (Å²) >= 11 is 1.50. The minimum atomic E-state index is -0.262. The molecule has 1 aromatic heterocycles. The van der Waals surface area contributed by atoms with E-state index in [0.29, 0.717) is 31.5 Å². The zero-order valence-corrected chi connectivity index (χ0v) is 14.7. The van der Waals surface area contributed by atoms with Crippen molar-refractivity contribution in [2.24, 2.45) is 0 Å². The highest BCUT2D eigenvalue weighted by molar-refractivity contribution is 7.08. The lowest BCUT2D eigenvalue weighted by Gasteiger charge is -2.32. The van der Waals surface area contributed by atoms with Crippen LogP contribution in [0.5, 0.6) is 0 Å². The first kappa shape index (κ1) is 17.6. The van der Waals surface area contributed by atoms with Gasteiger partial charge in [0.2, 0.25) is 5.91 Å². The van der Waals surface area contributed by atoms with E-state index in [2.05, 4.69) is 5.32 Å². The van der Waals surface area contributed by atoms with Gasteiger partial charge in [0.05, 0.1) is 0 Å². The second-order valence-corrected chi connectivity index (χ2v) is 7.05. The van der Waals surface area contributed by atoms with Gasteiger partial charge in [0.25, 0.3) is 5.91 Å². The molecule has 0 unspecified atom stereocenters. The number of hydrogen-bond acceptors (Lipinski definition) is 3. The van der Waals surface area contributed by atoms with E-state index in [1.807, 2.05) is 21.7 Å². The average molecular weight is 360 g/mol. The lowest BCUT2D eigenvalue weighted by atomic mass is 10.0. The van der Waals surface area contributed by atoms with E-state index in [9.17, 15) is 14.0 Å². The molecule has 132 valence electrons. The van der Waals surface area contributed by atoms with Crippen LogP contribution in [0.1, 0.15) is 35.2 Å². The van der Waals surface area contributed by atoms with Crippen LogP contribution < -0.4 is 5.32 Å². The standard InChI is InChI=1S/C19H21FN2O2S/c20-16-4-1-14(2-5-16)3-6-18(23)22-10-7-17(8-11-22)21-19(24)15-9-12-25-13-15/h1-2,4-5,9,12-13,17H,3,6-8,10-11H2,(H,21,24). The van der Waals surface area contributed by atoms with Crippen LogP contribution in [0.25, 0.3) is 0 Å². The van der Waals surface area contributed by atoms with Crippen molar-refractivity contribution in [1.29, 1.82) is 0 Å². The van der Waals surface area contributed by atoms with Crippen molar-refractivity contribution in [2.75, 3.05) is 13.1 Å². The summed E-state index contributed by atoms with van der Waals surface area (Å²) in [5.41, 5.74) is 1.66. The number of nitrogens with one attached hydrogen (secondary N) is 1. The van der Waals surface area contributed by atoms with Crippen LogP contribution in [-0.4, -0.2) is 35.8 Å². The number of rotatable bonds is 5. The number of hydrogen-bond donors (Lipinski definition) is 1. The summed E-state index contributed by atoms with van der Waals surface area (Å²) < 4.78 is 12.9. The van der Waals surface area contributed by atoms with E-state index in [-0.39, 0.29) is 23.7 Å². The Morgan fingerprint density at radius 2 is 1.88 bits per heavy atom. The molecule has 1 saturated heterocycles. The second kappa shape index (κ2) is 8.25. The largest absolute Gasteiger partial charge is 0.349 e. The Kier molecular flexibility index (Phi) is 5.81. The third-order valence-corrected chi connectivity index (χ3v) is 5.19. The van der Waals surface area contributed by atoms with Crippen molar-refractivity contribution in [3.8, 4) is 0 Å². The molecule has 2 aromatic rings. The molecule has 25 heavy (non-hydrogen) atoms. The zero-order valence-electron chi connectivity index (χ0n) is 13.9. The SMILES string of the molecule is O=C(NC1CCN(C(=O)CCc2ccc(F)cc2)CC1)c1ccsc1. The second-order valence-electron chi connectivity index (χ2n) is 6.27. The van der Waals surface area contributed by atoms with Gasteiger partial charge in [-0.1, -0.05) is 12.1 Å². The van der Waals surface area contributed by atoms with Crippen molar-refractivity contribution in [2.45, 2.75) is 31.7 Å². The first-order chi connectivity index (χ1) is 12.1. The van der Waals surface area contributed by atoms with Crippen molar-refractivity contribution in [1.82, 2.24) is 10.2 Å². The van der Waals surface area contributed by atoms with Gasteiger partial charge in [-0.3, -0.25) is 9.59 Å². The summed E-state index contributed by atoms with van der Waals surface area (Å²) in [7, 11) is 0. The number of piperidine rings is 1. The maximum atomic E-state index is 12.9. The van der Waals surface area contributed by atoms with Crippen molar-refractivity contribution < 1.29 is 14.0 Å². The van der Waals surface area contributed by atoms with E-state index in [1.165, 1.54) is 23.5 Å². The molecule has 0 radical (unpaired) electrons. The normalized spacial score (nSPS) is 15.2.